The molecule has 0 aromatic heterocycles. The fourth-order valence-electron chi connectivity index (χ4n) is 0. The van der Waals surface area contributed by atoms with Crippen LogP contribution in [0.3, 0.4) is 0 Å². The van der Waals surface area contributed by atoms with Crippen molar-refractivity contribution in [2.24, 2.45) is 4.72 Å². The maximum Gasteiger partial charge on any atom is 2.00 e. The molecule has 0 aliphatic rings. The van der Waals surface area contributed by atoms with E-state index in [4.69, 9.17) is 29.7 Å². The van der Waals surface area contributed by atoms with Crippen LogP contribution in [0.5, 0.6) is 0 Å². The van der Waals surface area contributed by atoms with Crippen LogP contribution in [0.2, 0.25) is 0 Å². The van der Waals surface area contributed by atoms with Gasteiger partial charge in [0.1, 0.15) is 0 Å². The molecule has 16 heavy (non-hydrogen) atoms. The fraction of sp³-hybridized carbons (Fsp3) is 0.500. The summed E-state index contributed by atoms with van der Waals surface area (Å²) in [6, 6.07) is 0. The Morgan fingerprint density at radius 2 is 1.06 bits per heavy atom. The Bertz CT molecular complexity index is 140. The van der Waals surface area contributed by atoms with Crippen LogP contribution in [0, 0.1) is 0 Å². The second-order valence-electron chi connectivity index (χ2n) is 1.50. The molecule has 0 atom stereocenters. The summed E-state index contributed by atoms with van der Waals surface area (Å²) < 4.78 is 4.42. The summed E-state index contributed by atoms with van der Waals surface area (Å²) in [6.07, 6.45) is 0. The first kappa shape index (κ1) is 36.0. The van der Waals surface area contributed by atoms with E-state index in [1.807, 2.05) is 16.5 Å². The Kier molecular flexibility index (Phi) is 80.9. The molecule has 0 saturated heterocycles. The van der Waals surface area contributed by atoms with Gasteiger partial charge in [0.25, 0.3) is 5.97 Å². The first-order valence-corrected chi connectivity index (χ1v) is 3.74. The van der Waals surface area contributed by atoms with Crippen LogP contribution in [0.25, 0.3) is 0 Å². The number of carbonyl (C=O) groups excluding carboxylic acids is 2. The van der Waals surface area contributed by atoms with E-state index in [0.717, 1.165) is 20.8 Å². The van der Waals surface area contributed by atoms with Crippen molar-refractivity contribution < 1.29 is 32.6 Å². The first-order valence-electron chi connectivity index (χ1n) is 3.08. The SMILES string of the molecule is CC(=O)O.CC(=O)[O-].CC(=O)[O-].[Ca+2].[H-].[H-].[Mg+2].[NH2][Al]. The zero-order valence-corrected chi connectivity index (χ0v) is 14.3. The van der Waals surface area contributed by atoms with Crippen LogP contribution >= 0.6 is 0 Å². The van der Waals surface area contributed by atoms with E-state index in [0.29, 0.717) is 0 Å². The zero-order chi connectivity index (χ0) is 12.7. The summed E-state index contributed by atoms with van der Waals surface area (Å²) in [4.78, 5) is 26.8. The van der Waals surface area contributed by atoms with Crippen molar-refractivity contribution in [1.82, 2.24) is 0 Å². The number of hydrogen-bond acceptors (Lipinski definition) is 6. The van der Waals surface area contributed by atoms with E-state index < -0.39 is 17.9 Å². The van der Waals surface area contributed by atoms with Crippen LogP contribution in [0.4, 0.5) is 0 Å². The second-order valence-corrected chi connectivity index (χ2v) is 1.50. The van der Waals surface area contributed by atoms with Crippen molar-refractivity contribution >= 4 is 95.2 Å². The molecule has 0 amide bonds. The number of hydrogen-bond donors (Lipinski definition) is 2. The molecule has 10 heteroatoms. The number of carbonyl (C=O) groups is 3. The van der Waals surface area contributed by atoms with Crippen LogP contribution in [-0.4, -0.2) is 100 Å². The van der Waals surface area contributed by atoms with Crippen molar-refractivity contribution in [1.29, 1.82) is 0 Å². The molecule has 2 radical (unpaired) electrons. The summed E-state index contributed by atoms with van der Waals surface area (Å²) in [6.45, 7) is 3.03. The molecule has 0 fully saturated rings. The third kappa shape index (κ3) is 3360. The van der Waals surface area contributed by atoms with Gasteiger partial charge in [-0.3, -0.25) is 4.79 Å². The number of carboxylic acid groups (broad SMARTS) is 3. The Hall–Kier alpha value is 0.928. The molecule has 3 N–H and O–H groups in total. The molecule has 0 rings (SSSR count). The third-order valence-corrected chi connectivity index (χ3v) is 0. The van der Waals surface area contributed by atoms with Crippen molar-refractivity contribution in [2.45, 2.75) is 20.8 Å². The number of rotatable bonds is 0. The molecule has 0 aromatic carbocycles. The summed E-state index contributed by atoms with van der Waals surface area (Å²) in [5.41, 5.74) is 0. The van der Waals surface area contributed by atoms with E-state index in [1.54, 1.807) is 0 Å². The van der Waals surface area contributed by atoms with E-state index in [2.05, 4.69) is 4.72 Å². The van der Waals surface area contributed by atoms with Gasteiger partial charge in [-0.1, -0.05) is 0 Å². The number of aliphatic carboxylic acids is 3. The van der Waals surface area contributed by atoms with E-state index in [9.17, 15) is 0 Å². The van der Waals surface area contributed by atoms with Gasteiger partial charge in [-0.15, -0.1) is 0 Å². The van der Waals surface area contributed by atoms with Gasteiger partial charge in [-0.2, -0.15) is 0 Å². The predicted octanol–water partition coefficient (Wildman–Crippen LogP) is -3.90. The molecule has 0 aromatic rings. The van der Waals surface area contributed by atoms with Crippen LogP contribution < -0.4 is 14.9 Å². The van der Waals surface area contributed by atoms with Crippen molar-refractivity contribution in [2.75, 3.05) is 0 Å². The molecule has 0 heterocycles. The fourth-order valence-corrected chi connectivity index (χ4v) is 0. The van der Waals surface area contributed by atoms with Gasteiger partial charge in [0, 0.05) is 18.9 Å². The minimum absolute atomic E-state index is 0. The normalized spacial score (nSPS) is 5.00. The van der Waals surface area contributed by atoms with Crippen molar-refractivity contribution in [3.05, 3.63) is 0 Å². The summed E-state index contributed by atoms with van der Waals surface area (Å²) in [7, 11) is 0. The molecule has 86 valence electrons. The molecule has 7 nitrogen and oxygen atoms in total. The van der Waals surface area contributed by atoms with Gasteiger partial charge in [-0.05, 0) is 13.8 Å². The molecular weight excluding hydrogens is 273 g/mol. The minimum atomic E-state index is -1.08. The third-order valence-electron chi connectivity index (χ3n) is 0. The zero-order valence-electron chi connectivity index (χ0n) is 11.6. The Morgan fingerprint density at radius 3 is 1.06 bits per heavy atom. The smallest absolute Gasteiger partial charge is 1.00 e. The largest absolute Gasteiger partial charge is 2.00 e. The van der Waals surface area contributed by atoms with Crippen LogP contribution in [-0.2, 0) is 14.4 Å². The molecule has 0 spiro atoms. The summed E-state index contributed by atoms with van der Waals surface area (Å²) in [5, 5.41) is 25.2. The van der Waals surface area contributed by atoms with Crippen molar-refractivity contribution in [3.63, 3.8) is 0 Å². The van der Waals surface area contributed by atoms with E-state index >= 15 is 0 Å². The second kappa shape index (κ2) is 36.0. The molecular formula is C6H14AlCaMgNO6. The molecule has 0 unspecified atom stereocenters. The molecule has 0 saturated carbocycles. The monoisotopic (exact) mass is 287 g/mol. The van der Waals surface area contributed by atoms with E-state index in [-0.39, 0.29) is 63.6 Å². The maximum absolute atomic E-state index is 9.00. The first-order chi connectivity index (χ1) is 6.20. The molecule has 0 aliphatic carbocycles. The topological polar surface area (TPSA) is 144 Å². The van der Waals surface area contributed by atoms with Gasteiger partial charge in [0.15, 0.2) is 0 Å². The molecule has 0 aliphatic heterocycles. The average Bonchev–Trinajstić information content (AvgIpc) is 1.86. The van der Waals surface area contributed by atoms with Gasteiger partial charge in [0.05, 0.1) is 0 Å². The Morgan fingerprint density at radius 1 is 1.06 bits per heavy atom. The average molecular weight is 288 g/mol. The predicted molar refractivity (Wildman–Crippen MR) is 58.3 cm³/mol. The number of carboxylic acids is 3. The number of nitrogens with two attached hydrogens (primary N) is 1. The summed E-state index contributed by atoms with van der Waals surface area (Å²) >= 11 is 1.92. The Balaban J connectivity index is -0.0000000118. The summed E-state index contributed by atoms with van der Waals surface area (Å²) in [5.74, 6) is -3.00. The van der Waals surface area contributed by atoms with Gasteiger partial charge in [-0.25, -0.2) is 0 Å². The maximum atomic E-state index is 9.00. The van der Waals surface area contributed by atoms with E-state index in [1.165, 1.54) is 0 Å². The minimum Gasteiger partial charge on any atom is -1.00 e. The molecule has 0 bridgehead atoms. The van der Waals surface area contributed by atoms with Crippen LogP contribution in [0.15, 0.2) is 0 Å². The van der Waals surface area contributed by atoms with Gasteiger partial charge in [0.2, 0.25) is 16.5 Å². The quantitative estimate of drug-likeness (QED) is 0.433. The van der Waals surface area contributed by atoms with Gasteiger partial charge >= 0.3 is 60.8 Å². The van der Waals surface area contributed by atoms with Crippen molar-refractivity contribution in [3.8, 4) is 0 Å². The standard InChI is InChI=1S/3C2H4O2.Al.Ca.Mg.H2N.2H/c3*1-2(3)4;;;;;;/h3*1H3,(H,3,4);;;;1H2;;/q;;;+1;2*+2;3*-1/p-2. The Labute approximate surface area is 152 Å². The van der Waals surface area contributed by atoms with Crippen LogP contribution in [0.1, 0.15) is 23.6 Å². The van der Waals surface area contributed by atoms with Gasteiger partial charge < -0.3 is 32.5 Å².